The van der Waals surface area contributed by atoms with E-state index in [4.69, 9.17) is 4.74 Å². The van der Waals surface area contributed by atoms with Gasteiger partial charge in [0.05, 0.1) is 7.11 Å². The van der Waals surface area contributed by atoms with Crippen LogP contribution >= 0.6 is 0 Å². The van der Waals surface area contributed by atoms with E-state index in [1.54, 1.807) is 0 Å². The van der Waals surface area contributed by atoms with Crippen molar-refractivity contribution in [3.05, 3.63) is 29.8 Å². The Morgan fingerprint density at radius 1 is 1.25 bits per heavy atom. The van der Waals surface area contributed by atoms with E-state index < -0.39 is 0 Å². The molecule has 0 spiro atoms. The molecule has 0 aromatic heterocycles. The first kappa shape index (κ1) is 14.9. The number of carbonyl (C=O) groups excluding carboxylic acids is 1. The quantitative estimate of drug-likeness (QED) is 0.839. The van der Waals surface area contributed by atoms with Gasteiger partial charge in [0.25, 0.3) is 0 Å². The Bertz CT molecular complexity index is 436. The van der Waals surface area contributed by atoms with E-state index in [2.05, 4.69) is 17.0 Å². The largest absolute Gasteiger partial charge is 0.487 e. The lowest BCUT2D eigenvalue weighted by Crippen LogP contribution is -2.43. The Morgan fingerprint density at radius 2 is 1.90 bits per heavy atom. The summed E-state index contributed by atoms with van der Waals surface area (Å²) in [5.41, 5.74) is 1.05. The first-order chi connectivity index (χ1) is 9.61. The van der Waals surface area contributed by atoms with Gasteiger partial charge in [0.15, 0.2) is 0 Å². The lowest BCUT2D eigenvalue weighted by atomic mass is 9.94. The number of hydrogen-bond donors (Lipinski definition) is 1. The van der Waals surface area contributed by atoms with Gasteiger partial charge in [-0.15, -0.1) is 0 Å². The zero-order valence-corrected chi connectivity index (χ0v) is 12.3. The Kier molecular flexibility index (Phi) is 5.01. The summed E-state index contributed by atoms with van der Waals surface area (Å²) in [7, 11) is 1.42. The number of hydrogen-bond acceptors (Lipinski definition) is 4. The summed E-state index contributed by atoms with van der Waals surface area (Å²) < 4.78 is 10.8. The van der Waals surface area contributed by atoms with E-state index in [1.165, 1.54) is 7.11 Å². The summed E-state index contributed by atoms with van der Waals surface area (Å²) in [5, 5.41) is 3.34. The lowest BCUT2D eigenvalue weighted by molar-refractivity contribution is -0.140. The third-order valence-corrected chi connectivity index (χ3v) is 3.79. The summed E-state index contributed by atoms with van der Waals surface area (Å²) in [4.78, 5) is 11.1. The van der Waals surface area contributed by atoms with Gasteiger partial charge in [0, 0.05) is 6.42 Å². The molecule has 4 nitrogen and oxygen atoms in total. The Labute approximate surface area is 120 Å². The van der Waals surface area contributed by atoms with Crippen molar-refractivity contribution in [2.24, 2.45) is 0 Å². The third-order valence-electron chi connectivity index (χ3n) is 3.79. The van der Waals surface area contributed by atoms with Crippen molar-refractivity contribution in [3.63, 3.8) is 0 Å². The SMILES string of the molecule is COC(=O)CCc1ccc(OC2(C)CCNCC2)cc1. The Balaban J connectivity index is 1.89. The van der Waals surface area contributed by atoms with Crippen LogP contribution < -0.4 is 10.1 Å². The zero-order chi connectivity index (χ0) is 14.4. The van der Waals surface area contributed by atoms with Crippen LogP contribution in [-0.4, -0.2) is 31.8 Å². The molecule has 2 rings (SSSR count). The average Bonchev–Trinajstić information content (AvgIpc) is 2.46. The molecule has 110 valence electrons. The van der Waals surface area contributed by atoms with Crippen LogP contribution in [0.25, 0.3) is 0 Å². The minimum atomic E-state index is -0.174. The molecule has 0 aliphatic carbocycles. The van der Waals surface area contributed by atoms with Crippen LogP contribution in [-0.2, 0) is 16.0 Å². The van der Waals surface area contributed by atoms with Crippen LogP contribution in [0.2, 0.25) is 0 Å². The molecule has 4 heteroatoms. The van der Waals surface area contributed by atoms with Crippen molar-refractivity contribution in [2.45, 2.75) is 38.2 Å². The summed E-state index contributed by atoms with van der Waals surface area (Å²) in [6.45, 7) is 4.18. The minimum absolute atomic E-state index is 0.0707. The highest BCUT2D eigenvalue weighted by Gasteiger charge is 2.28. The van der Waals surface area contributed by atoms with Gasteiger partial charge in [0.2, 0.25) is 0 Å². The molecule has 1 N–H and O–H groups in total. The maximum absolute atomic E-state index is 11.1. The maximum Gasteiger partial charge on any atom is 0.305 e. The average molecular weight is 277 g/mol. The number of aryl methyl sites for hydroxylation is 1. The second-order valence-electron chi connectivity index (χ2n) is 5.52. The molecule has 0 unspecified atom stereocenters. The number of carbonyl (C=O) groups is 1. The molecular formula is C16H23NO3. The van der Waals surface area contributed by atoms with Crippen LogP contribution in [0.3, 0.4) is 0 Å². The van der Waals surface area contributed by atoms with Gasteiger partial charge < -0.3 is 14.8 Å². The van der Waals surface area contributed by atoms with Crippen molar-refractivity contribution in [2.75, 3.05) is 20.2 Å². The van der Waals surface area contributed by atoms with E-state index in [-0.39, 0.29) is 11.6 Å². The van der Waals surface area contributed by atoms with E-state index in [9.17, 15) is 4.79 Å². The molecule has 0 radical (unpaired) electrons. The normalized spacial score (nSPS) is 17.5. The number of esters is 1. The molecule has 1 aromatic rings. The smallest absolute Gasteiger partial charge is 0.305 e. The molecule has 1 heterocycles. The van der Waals surface area contributed by atoms with Gasteiger partial charge in [-0.05, 0) is 57.0 Å². The van der Waals surface area contributed by atoms with Crippen LogP contribution in [0, 0.1) is 0 Å². The highest BCUT2D eigenvalue weighted by atomic mass is 16.5. The van der Waals surface area contributed by atoms with Gasteiger partial charge in [0.1, 0.15) is 11.4 Å². The highest BCUT2D eigenvalue weighted by molar-refractivity contribution is 5.69. The maximum atomic E-state index is 11.1. The van der Waals surface area contributed by atoms with Crippen molar-refractivity contribution in [1.82, 2.24) is 5.32 Å². The van der Waals surface area contributed by atoms with Crippen molar-refractivity contribution < 1.29 is 14.3 Å². The molecule has 20 heavy (non-hydrogen) atoms. The van der Waals surface area contributed by atoms with Crippen LogP contribution in [0.15, 0.2) is 24.3 Å². The van der Waals surface area contributed by atoms with Gasteiger partial charge in [-0.1, -0.05) is 12.1 Å². The van der Waals surface area contributed by atoms with Crippen molar-refractivity contribution in [3.8, 4) is 5.75 Å². The standard InChI is InChI=1S/C16H23NO3/c1-16(9-11-17-12-10-16)20-14-6-3-13(4-7-14)5-8-15(18)19-2/h3-4,6-7,17H,5,8-12H2,1-2H3. The van der Waals surface area contributed by atoms with Crippen LogP contribution in [0.5, 0.6) is 5.75 Å². The molecule has 0 amide bonds. The summed E-state index contributed by atoms with van der Waals surface area (Å²) >= 11 is 0. The summed E-state index contributed by atoms with van der Waals surface area (Å²) in [6, 6.07) is 8.01. The number of nitrogens with one attached hydrogen (secondary N) is 1. The monoisotopic (exact) mass is 277 g/mol. The molecule has 1 fully saturated rings. The van der Waals surface area contributed by atoms with E-state index >= 15 is 0 Å². The molecule has 1 saturated heterocycles. The molecule has 1 aromatic carbocycles. The van der Waals surface area contributed by atoms with E-state index in [1.807, 2.05) is 24.3 Å². The van der Waals surface area contributed by atoms with Gasteiger partial charge in [-0.25, -0.2) is 0 Å². The topological polar surface area (TPSA) is 47.6 Å². The lowest BCUT2D eigenvalue weighted by Gasteiger charge is -2.34. The first-order valence-electron chi connectivity index (χ1n) is 7.17. The molecule has 0 saturated carbocycles. The molecule has 1 aliphatic heterocycles. The zero-order valence-electron chi connectivity index (χ0n) is 12.3. The summed E-state index contributed by atoms with van der Waals surface area (Å²) in [6.07, 6.45) is 3.17. The highest BCUT2D eigenvalue weighted by Crippen LogP contribution is 2.26. The van der Waals surface area contributed by atoms with E-state index in [0.717, 1.165) is 37.2 Å². The molecule has 1 aliphatic rings. The number of ether oxygens (including phenoxy) is 2. The molecule has 0 atom stereocenters. The van der Waals surface area contributed by atoms with Gasteiger partial charge >= 0.3 is 5.97 Å². The van der Waals surface area contributed by atoms with Crippen LogP contribution in [0.1, 0.15) is 31.7 Å². The van der Waals surface area contributed by atoms with Gasteiger partial charge in [-0.2, -0.15) is 0 Å². The van der Waals surface area contributed by atoms with Crippen molar-refractivity contribution >= 4 is 5.97 Å². The second kappa shape index (κ2) is 6.75. The molecular weight excluding hydrogens is 254 g/mol. The number of piperidine rings is 1. The van der Waals surface area contributed by atoms with E-state index in [0.29, 0.717) is 12.8 Å². The predicted molar refractivity (Wildman–Crippen MR) is 77.9 cm³/mol. The number of methoxy groups -OCH3 is 1. The van der Waals surface area contributed by atoms with Crippen molar-refractivity contribution in [1.29, 1.82) is 0 Å². The second-order valence-corrected chi connectivity index (χ2v) is 5.52. The van der Waals surface area contributed by atoms with Crippen LogP contribution in [0.4, 0.5) is 0 Å². The predicted octanol–water partition coefficient (Wildman–Crippen LogP) is 2.31. The molecule has 0 bridgehead atoms. The Morgan fingerprint density at radius 3 is 2.50 bits per heavy atom. The third kappa shape index (κ3) is 4.23. The minimum Gasteiger partial charge on any atom is -0.487 e. The first-order valence-corrected chi connectivity index (χ1v) is 7.17. The fourth-order valence-electron chi connectivity index (χ4n) is 2.41. The number of benzene rings is 1. The summed E-state index contributed by atoms with van der Waals surface area (Å²) in [5.74, 6) is 0.726. The fourth-order valence-corrected chi connectivity index (χ4v) is 2.41. The Hall–Kier alpha value is -1.55. The van der Waals surface area contributed by atoms with Gasteiger partial charge in [-0.3, -0.25) is 4.79 Å². The fraction of sp³-hybridized carbons (Fsp3) is 0.562. The number of rotatable bonds is 5.